The second-order valence-electron chi connectivity index (χ2n) is 5.87. The normalized spacial score (nSPS) is 20.9. The number of urea groups is 1. The highest BCUT2D eigenvalue weighted by molar-refractivity contribution is 7.80. The Morgan fingerprint density at radius 1 is 1.40 bits per heavy atom. The van der Waals surface area contributed by atoms with Crippen LogP contribution in [-0.4, -0.2) is 48.9 Å². The van der Waals surface area contributed by atoms with Crippen LogP contribution in [0.1, 0.15) is 19.4 Å². The van der Waals surface area contributed by atoms with Gasteiger partial charge in [0.25, 0.3) is 5.91 Å². The summed E-state index contributed by atoms with van der Waals surface area (Å²) in [6.45, 7) is 3.93. The van der Waals surface area contributed by atoms with Gasteiger partial charge in [-0.3, -0.25) is 10.2 Å². The van der Waals surface area contributed by atoms with Crippen LogP contribution in [0.4, 0.5) is 4.79 Å². The molecule has 1 aliphatic rings. The monoisotopic (exact) mass is 366 g/mol. The predicted octanol–water partition coefficient (Wildman–Crippen LogP) is 0.876. The highest BCUT2D eigenvalue weighted by Gasteiger charge is 2.50. The molecular formula is C16H22N4O4S. The summed E-state index contributed by atoms with van der Waals surface area (Å²) in [6.07, 6.45) is 0. The Kier molecular flexibility index (Phi) is 5.81. The van der Waals surface area contributed by atoms with Gasteiger partial charge in [-0.1, -0.05) is 12.1 Å². The van der Waals surface area contributed by atoms with Crippen molar-refractivity contribution in [1.29, 1.82) is 0 Å². The number of hydrazine groups is 1. The van der Waals surface area contributed by atoms with E-state index < -0.39 is 17.5 Å². The SMILES string of the molecule is COC[C@H](C)NC(=S)NN1C(=O)N[C@@](C)(c2cccc(OC)c2)C1=O. The maximum atomic E-state index is 12.8. The summed E-state index contributed by atoms with van der Waals surface area (Å²) in [4.78, 5) is 25.1. The van der Waals surface area contributed by atoms with E-state index in [9.17, 15) is 9.59 Å². The van der Waals surface area contributed by atoms with Crippen molar-refractivity contribution in [2.24, 2.45) is 0 Å². The quantitative estimate of drug-likeness (QED) is 0.508. The molecule has 1 aliphatic heterocycles. The minimum absolute atomic E-state index is 0.0736. The van der Waals surface area contributed by atoms with Crippen molar-refractivity contribution in [2.75, 3.05) is 20.8 Å². The molecule has 25 heavy (non-hydrogen) atoms. The molecule has 1 fully saturated rings. The van der Waals surface area contributed by atoms with Crippen LogP contribution in [0, 0.1) is 0 Å². The van der Waals surface area contributed by atoms with E-state index in [1.54, 1.807) is 38.3 Å². The number of imide groups is 1. The van der Waals surface area contributed by atoms with E-state index >= 15 is 0 Å². The number of hydrogen-bond donors (Lipinski definition) is 3. The number of carbonyl (C=O) groups is 2. The average Bonchev–Trinajstić information content (AvgIpc) is 2.79. The molecule has 3 amide bonds. The third-order valence-corrected chi connectivity index (χ3v) is 4.05. The molecular weight excluding hydrogens is 344 g/mol. The average molecular weight is 366 g/mol. The highest BCUT2D eigenvalue weighted by Crippen LogP contribution is 2.30. The molecule has 8 nitrogen and oxygen atoms in total. The fourth-order valence-corrected chi connectivity index (χ4v) is 2.81. The second kappa shape index (κ2) is 7.66. The molecule has 1 aromatic carbocycles. The standard InChI is InChI=1S/C16H22N4O4S/c1-10(9-23-3)17-14(25)19-20-13(21)16(2,18-15(20)22)11-6-5-7-12(8-11)24-4/h5-8,10H,9H2,1-4H3,(H,18,22)(H2,17,19,25)/t10-,16-/m0/s1. The molecule has 0 spiro atoms. The fraction of sp³-hybridized carbons (Fsp3) is 0.438. The lowest BCUT2D eigenvalue weighted by molar-refractivity contribution is -0.132. The van der Waals surface area contributed by atoms with Crippen LogP contribution in [0.15, 0.2) is 24.3 Å². The molecule has 0 saturated carbocycles. The topological polar surface area (TPSA) is 91.9 Å². The molecule has 0 bridgehead atoms. The van der Waals surface area contributed by atoms with Crippen molar-refractivity contribution in [3.63, 3.8) is 0 Å². The summed E-state index contributed by atoms with van der Waals surface area (Å²) in [7, 11) is 3.11. The Morgan fingerprint density at radius 2 is 2.12 bits per heavy atom. The summed E-state index contributed by atoms with van der Waals surface area (Å²) in [5.74, 6) is 0.132. The summed E-state index contributed by atoms with van der Waals surface area (Å²) < 4.78 is 10.2. The van der Waals surface area contributed by atoms with Crippen LogP contribution in [0.25, 0.3) is 0 Å². The van der Waals surface area contributed by atoms with E-state index in [2.05, 4.69) is 16.1 Å². The predicted molar refractivity (Wildman–Crippen MR) is 95.9 cm³/mol. The summed E-state index contributed by atoms with van der Waals surface area (Å²) in [6, 6.07) is 6.32. The van der Waals surface area contributed by atoms with E-state index in [1.165, 1.54) is 7.11 Å². The smallest absolute Gasteiger partial charge is 0.344 e. The fourth-order valence-electron chi connectivity index (χ4n) is 2.52. The summed E-state index contributed by atoms with van der Waals surface area (Å²) in [5, 5.41) is 6.65. The second-order valence-corrected chi connectivity index (χ2v) is 6.28. The van der Waals surface area contributed by atoms with Crippen molar-refractivity contribution in [1.82, 2.24) is 21.1 Å². The number of carbonyl (C=O) groups excluding carboxylic acids is 2. The van der Waals surface area contributed by atoms with E-state index in [-0.39, 0.29) is 11.2 Å². The van der Waals surface area contributed by atoms with Gasteiger partial charge in [0.2, 0.25) is 0 Å². The molecule has 0 radical (unpaired) electrons. The van der Waals surface area contributed by atoms with Gasteiger partial charge >= 0.3 is 6.03 Å². The first kappa shape index (κ1) is 18.9. The van der Waals surface area contributed by atoms with Gasteiger partial charge < -0.3 is 20.1 Å². The molecule has 1 saturated heterocycles. The Labute approximate surface area is 151 Å². The third kappa shape index (κ3) is 3.99. The lowest BCUT2D eigenvalue weighted by Gasteiger charge is -2.23. The molecule has 2 atom stereocenters. The zero-order chi connectivity index (χ0) is 18.6. The first-order valence-electron chi connectivity index (χ1n) is 7.69. The minimum Gasteiger partial charge on any atom is -0.497 e. The van der Waals surface area contributed by atoms with Crippen molar-refractivity contribution >= 4 is 29.3 Å². The van der Waals surface area contributed by atoms with Gasteiger partial charge in [-0.25, -0.2) is 4.79 Å². The minimum atomic E-state index is -1.22. The van der Waals surface area contributed by atoms with Gasteiger partial charge in [0.1, 0.15) is 11.3 Å². The van der Waals surface area contributed by atoms with E-state index in [0.717, 1.165) is 5.01 Å². The van der Waals surface area contributed by atoms with E-state index in [4.69, 9.17) is 21.7 Å². The Hall–Kier alpha value is -2.39. The van der Waals surface area contributed by atoms with Crippen molar-refractivity contribution in [3.8, 4) is 5.75 Å². The first-order valence-corrected chi connectivity index (χ1v) is 8.10. The Morgan fingerprint density at radius 3 is 2.76 bits per heavy atom. The van der Waals surface area contributed by atoms with Crippen LogP contribution in [-0.2, 0) is 15.1 Å². The number of thiocarbonyl (C=S) groups is 1. The van der Waals surface area contributed by atoms with E-state index in [0.29, 0.717) is 17.9 Å². The van der Waals surface area contributed by atoms with Crippen LogP contribution in [0.3, 0.4) is 0 Å². The van der Waals surface area contributed by atoms with Crippen LogP contribution in [0.5, 0.6) is 5.75 Å². The van der Waals surface area contributed by atoms with Gasteiger partial charge in [0.15, 0.2) is 5.11 Å². The van der Waals surface area contributed by atoms with Crippen LogP contribution < -0.4 is 20.8 Å². The highest BCUT2D eigenvalue weighted by atomic mass is 32.1. The van der Waals surface area contributed by atoms with Gasteiger partial charge in [0, 0.05) is 13.2 Å². The summed E-state index contributed by atoms with van der Waals surface area (Å²) in [5.41, 5.74) is 2.02. The molecule has 1 heterocycles. The zero-order valence-electron chi connectivity index (χ0n) is 14.6. The number of ether oxygens (including phenoxy) is 2. The first-order chi connectivity index (χ1) is 11.8. The van der Waals surface area contributed by atoms with Gasteiger partial charge in [0.05, 0.1) is 13.7 Å². The van der Waals surface area contributed by atoms with Gasteiger partial charge in [-0.05, 0) is 43.8 Å². The zero-order valence-corrected chi connectivity index (χ0v) is 15.4. The largest absolute Gasteiger partial charge is 0.497 e. The van der Waals surface area contributed by atoms with Crippen LogP contribution >= 0.6 is 12.2 Å². The number of hydrogen-bond acceptors (Lipinski definition) is 5. The Bertz CT molecular complexity index is 684. The number of amides is 3. The summed E-state index contributed by atoms with van der Waals surface area (Å²) >= 11 is 5.15. The number of nitrogens with one attached hydrogen (secondary N) is 3. The molecule has 0 aliphatic carbocycles. The van der Waals surface area contributed by atoms with Crippen molar-refractivity contribution in [2.45, 2.75) is 25.4 Å². The molecule has 136 valence electrons. The Balaban J connectivity index is 2.14. The number of nitrogens with zero attached hydrogens (tertiary/aromatic N) is 1. The third-order valence-electron chi connectivity index (χ3n) is 3.85. The lowest BCUT2D eigenvalue weighted by Crippen LogP contribution is -2.53. The maximum Gasteiger partial charge on any atom is 0.344 e. The molecule has 3 N–H and O–H groups in total. The maximum absolute atomic E-state index is 12.8. The number of methoxy groups -OCH3 is 2. The number of rotatable bonds is 6. The molecule has 0 unspecified atom stereocenters. The van der Waals surface area contributed by atoms with Crippen LogP contribution in [0.2, 0.25) is 0 Å². The lowest BCUT2D eigenvalue weighted by atomic mass is 9.92. The van der Waals surface area contributed by atoms with E-state index in [1.807, 2.05) is 6.92 Å². The number of benzene rings is 1. The molecule has 1 aromatic rings. The van der Waals surface area contributed by atoms with Crippen molar-refractivity contribution in [3.05, 3.63) is 29.8 Å². The van der Waals surface area contributed by atoms with Gasteiger partial charge in [-0.2, -0.15) is 5.01 Å². The molecule has 2 rings (SSSR count). The van der Waals surface area contributed by atoms with Crippen molar-refractivity contribution < 1.29 is 19.1 Å². The molecule has 0 aromatic heterocycles. The van der Waals surface area contributed by atoms with Gasteiger partial charge in [-0.15, -0.1) is 0 Å². The molecule has 9 heteroatoms.